The first-order valence-corrected chi connectivity index (χ1v) is 11.6. The van der Waals surface area contributed by atoms with Crippen LogP contribution in [0, 0.1) is 34.5 Å². The van der Waals surface area contributed by atoms with Crippen LogP contribution < -0.4 is 0 Å². The zero-order valence-electron chi connectivity index (χ0n) is 20.1. The van der Waals surface area contributed by atoms with Crippen molar-refractivity contribution in [1.29, 1.82) is 0 Å². The smallest absolute Gasteiger partial charge is 0.303 e. The molecule has 3 aliphatic carbocycles. The molecule has 5 unspecified atom stereocenters. The average molecular weight is 435 g/mol. The lowest BCUT2D eigenvalue weighted by atomic mass is 9.40. The molecule has 31 heavy (non-hydrogen) atoms. The largest absolute Gasteiger partial charge is 0.454 e. The molecule has 0 spiro atoms. The fraction of sp³-hybridized carbons (Fsp3) is 0.840. The second kappa shape index (κ2) is 6.64. The number of aliphatic hydroxyl groups excluding tert-OH is 1. The highest BCUT2D eigenvalue weighted by Crippen LogP contribution is 2.67. The number of hydrogen-bond acceptors (Lipinski definition) is 6. The number of carbonyl (C=O) groups is 2. The maximum absolute atomic E-state index is 14.3. The van der Waals surface area contributed by atoms with Crippen LogP contribution in [0.4, 0.5) is 0 Å². The van der Waals surface area contributed by atoms with Gasteiger partial charge in [-0.1, -0.05) is 41.5 Å². The number of hydrogen-bond donors (Lipinski definition) is 2. The van der Waals surface area contributed by atoms with Crippen molar-refractivity contribution in [2.24, 2.45) is 34.5 Å². The van der Waals surface area contributed by atoms with E-state index in [9.17, 15) is 19.8 Å². The summed E-state index contributed by atoms with van der Waals surface area (Å²) < 4.78 is 11.9. The average Bonchev–Trinajstić information content (AvgIpc) is 2.65. The minimum absolute atomic E-state index is 0.000233. The monoisotopic (exact) mass is 434 g/mol. The zero-order valence-corrected chi connectivity index (χ0v) is 20.1. The molecule has 1 aliphatic heterocycles. The summed E-state index contributed by atoms with van der Waals surface area (Å²) in [5, 5.41) is 23.3. The third-order valence-corrected chi connectivity index (χ3v) is 9.95. The maximum atomic E-state index is 14.3. The van der Waals surface area contributed by atoms with Crippen LogP contribution >= 0.6 is 0 Å². The van der Waals surface area contributed by atoms with E-state index in [4.69, 9.17) is 9.47 Å². The first-order valence-electron chi connectivity index (χ1n) is 11.6. The Kier molecular flexibility index (Phi) is 4.92. The predicted molar refractivity (Wildman–Crippen MR) is 115 cm³/mol. The highest BCUT2D eigenvalue weighted by Gasteiger charge is 2.74. The maximum Gasteiger partial charge on any atom is 0.303 e. The zero-order chi connectivity index (χ0) is 23.3. The van der Waals surface area contributed by atoms with Crippen molar-refractivity contribution in [2.45, 2.75) is 91.6 Å². The molecule has 2 N–H and O–H groups in total. The van der Waals surface area contributed by atoms with Gasteiger partial charge in [0.2, 0.25) is 0 Å². The molecule has 0 amide bonds. The molecule has 1 saturated heterocycles. The Labute approximate surface area is 185 Å². The second-order valence-corrected chi connectivity index (χ2v) is 11.5. The number of ketones is 1. The molecule has 4 aliphatic rings. The molecule has 0 aromatic heterocycles. The van der Waals surface area contributed by atoms with E-state index in [1.54, 1.807) is 0 Å². The Hall–Kier alpha value is -1.24. The molecular formula is C25H38O6. The predicted octanol–water partition coefficient (Wildman–Crippen LogP) is 3.04. The number of rotatable bonds is 1. The summed E-state index contributed by atoms with van der Waals surface area (Å²) >= 11 is 0. The number of carbonyl (C=O) groups excluding carboxylic acids is 2. The molecule has 2 saturated carbocycles. The van der Waals surface area contributed by atoms with Gasteiger partial charge in [0.1, 0.15) is 11.9 Å². The SMILES string of the molecule is CC(=O)OC12COC1C[C@H](C)[C@@]1(C)C(=O)[C@H](C)C3=C(C)C(O)CC(O)([C@@H](C)C21)C3(C)C. The first kappa shape index (κ1) is 22.9. The Balaban J connectivity index is 2.02. The van der Waals surface area contributed by atoms with Gasteiger partial charge >= 0.3 is 5.97 Å². The minimum atomic E-state index is -1.27. The highest BCUT2D eigenvalue weighted by molar-refractivity contribution is 5.91. The Morgan fingerprint density at radius 3 is 2.32 bits per heavy atom. The molecule has 9 atom stereocenters. The number of Topliss-reactive ketones (excluding diaryl/α,β-unsaturated/α-hetero) is 1. The summed E-state index contributed by atoms with van der Waals surface area (Å²) in [5.41, 5.74) is -2.07. The van der Waals surface area contributed by atoms with Crippen LogP contribution in [-0.4, -0.2) is 52.0 Å². The number of aliphatic hydroxyl groups is 2. The number of esters is 1. The normalized spacial score (nSPS) is 51.1. The van der Waals surface area contributed by atoms with Crippen LogP contribution in [0.3, 0.4) is 0 Å². The molecule has 0 aromatic rings. The van der Waals surface area contributed by atoms with Gasteiger partial charge in [0, 0.05) is 36.0 Å². The molecule has 0 aromatic carbocycles. The summed E-state index contributed by atoms with van der Waals surface area (Å²) in [7, 11) is 0. The lowest BCUT2D eigenvalue weighted by Gasteiger charge is -2.68. The Morgan fingerprint density at radius 2 is 1.81 bits per heavy atom. The van der Waals surface area contributed by atoms with Crippen molar-refractivity contribution in [3.05, 3.63) is 11.1 Å². The van der Waals surface area contributed by atoms with Gasteiger partial charge in [-0.05, 0) is 36.3 Å². The summed E-state index contributed by atoms with van der Waals surface area (Å²) in [5.74, 6) is -1.57. The molecular weight excluding hydrogens is 396 g/mol. The second-order valence-electron chi connectivity index (χ2n) is 11.5. The summed E-state index contributed by atoms with van der Waals surface area (Å²) in [6, 6.07) is 0. The molecule has 174 valence electrons. The van der Waals surface area contributed by atoms with Gasteiger partial charge in [0.05, 0.1) is 18.3 Å². The van der Waals surface area contributed by atoms with Crippen molar-refractivity contribution in [2.75, 3.05) is 6.61 Å². The van der Waals surface area contributed by atoms with Crippen molar-refractivity contribution >= 4 is 11.8 Å². The van der Waals surface area contributed by atoms with Gasteiger partial charge in [-0.15, -0.1) is 0 Å². The molecule has 2 bridgehead atoms. The molecule has 1 heterocycles. The lowest BCUT2D eigenvalue weighted by Crippen LogP contribution is -2.78. The number of ether oxygens (including phenoxy) is 2. The van der Waals surface area contributed by atoms with Gasteiger partial charge < -0.3 is 19.7 Å². The standard InChI is InChI=1S/C25H38O6/c1-12-9-18-24(11-30-18,31-16(5)26)20-15(4)25(29)10-17(27)13(2)19(22(25,6)7)14(3)21(28)23(12,20)8/h12,14-15,17-18,20,27,29H,9-11H2,1-8H3/t12-,14+,15-,17?,18?,20?,23+,24?,25?/m0/s1. The topological polar surface area (TPSA) is 93.1 Å². The number of fused-ring (bicyclic) bond motifs is 5. The van der Waals surface area contributed by atoms with Gasteiger partial charge in [-0.2, -0.15) is 0 Å². The van der Waals surface area contributed by atoms with Crippen molar-refractivity contribution in [3.63, 3.8) is 0 Å². The Morgan fingerprint density at radius 1 is 1.19 bits per heavy atom. The molecule has 6 nitrogen and oxygen atoms in total. The third-order valence-electron chi connectivity index (χ3n) is 9.95. The lowest BCUT2D eigenvalue weighted by molar-refractivity contribution is -0.332. The van der Waals surface area contributed by atoms with Crippen LogP contribution in [0.5, 0.6) is 0 Å². The fourth-order valence-corrected chi connectivity index (χ4v) is 8.19. The van der Waals surface area contributed by atoms with Crippen LogP contribution in [0.2, 0.25) is 0 Å². The molecule has 0 radical (unpaired) electrons. The van der Waals surface area contributed by atoms with E-state index in [-0.39, 0.29) is 30.8 Å². The van der Waals surface area contributed by atoms with E-state index in [1.807, 2.05) is 41.5 Å². The molecule has 6 heteroatoms. The van der Waals surface area contributed by atoms with Crippen LogP contribution in [0.1, 0.15) is 68.2 Å². The quantitative estimate of drug-likeness (QED) is 0.487. The summed E-state index contributed by atoms with van der Waals surface area (Å²) in [6.07, 6.45) is -0.269. The van der Waals surface area contributed by atoms with E-state index in [0.717, 1.165) is 11.1 Å². The first-order chi connectivity index (χ1) is 14.2. The fourth-order valence-electron chi connectivity index (χ4n) is 8.19. The van der Waals surface area contributed by atoms with Crippen molar-refractivity contribution in [1.82, 2.24) is 0 Å². The highest BCUT2D eigenvalue weighted by atomic mass is 16.6. The minimum Gasteiger partial charge on any atom is -0.454 e. The van der Waals surface area contributed by atoms with Gasteiger partial charge in [0.15, 0.2) is 5.60 Å². The third kappa shape index (κ3) is 2.56. The molecule has 3 fully saturated rings. The van der Waals surface area contributed by atoms with E-state index in [2.05, 4.69) is 6.92 Å². The summed E-state index contributed by atoms with van der Waals surface area (Å²) in [6.45, 7) is 15.4. The van der Waals surface area contributed by atoms with Crippen LogP contribution in [-0.2, 0) is 19.1 Å². The van der Waals surface area contributed by atoms with Gasteiger partial charge in [-0.3, -0.25) is 9.59 Å². The summed E-state index contributed by atoms with van der Waals surface area (Å²) in [4.78, 5) is 26.5. The van der Waals surface area contributed by atoms with E-state index in [1.165, 1.54) is 6.92 Å². The van der Waals surface area contributed by atoms with Crippen molar-refractivity contribution in [3.8, 4) is 0 Å². The van der Waals surface area contributed by atoms with E-state index < -0.39 is 51.9 Å². The van der Waals surface area contributed by atoms with Crippen molar-refractivity contribution < 1.29 is 29.3 Å². The van der Waals surface area contributed by atoms with Crippen LogP contribution in [0.25, 0.3) is 0 Å². The van der Waals surface area contributed by atoms with Gasteiger partial charge in [0.25, 0.3) is 0 Å². The van der Waals surface area contributed by atoms with Gasteiger partial charge in [-0.25, -0.2) is 0 Å². The Bertz CT molecular complexity index is 860. The van der Waals surface area contributed by atoms with E-state index in [0.29, 0.717) is 6.42 Å². The van der Waals surface area contributed by atoms with E-state index >= 15 is 0 Å². The molecule has 4 rings (SSSR count). The van der Waals surface area contributed by atoms with Crippen LogP contribution in [0.15, 0.2) is 11.1 Å².